The van der Waals surface area contributed by atoms with E-state index < -0.39 is 31.3 Å². The Kier molecular flexibility index (Phi) is 8.67. The maximum atomic E-state index is 10.7. The second-order valence-corrected chi connectivity index (χ2v) is 4.60. The second kappa shape index (κ2) is 6.53. The Labute approximate surface area is 113 Å². The van der Waals surface area contributed by atoms with E-state index in [-0.39, 0.29) is 29.6 Å². The van der Waals surface area contributed by atoms with E-state index in [1.165, 1.54) is 0 Å². The van der Waals surface area contributed by atoms with Crippen LogP contribution in [0.4, 0.5) is 26.3 Å². The fourth-order valence-corrected chi connectivity index (χ4v) is 0. The number of rotatable bonds is 0. The fourth-order valence-electron chi connectivity index (χ4n) is 0. The van der Waals surface area contributed by atoms with Crippen LogP contribution >= 0.6 is 0 Å². The van der Waals surface area contributed by atoms with Gasteiger partial charge in [-0.1, -0.05) is 0 Å². The predicted molar refractivity (Wildman–Crippen MR) is 33.4 cm³/mol. The molecule has 0 rings (SSSR count). The molecule has 0 saturated carbocycles. The summed E-state index contributed by atoms with van der Waals surface area (Å²) in [5.74, 6) is 0. The zero-order valence-electron chi connectivity index (χ0n) is 7.57. The van der Waals surface area contributed by atoms with Crippen molar-refractivity contribution in [3.8, 4) is 0 Å². The maximum Gasteiger partial charge on any atom is 1.00 e. The van der Waals surface area contributed by atoms with Crippen LogP contribution in [-0.4, -0.2) is 37.0 Å². The molecule has 0 aromatic rings. The van der Waals surface area contributed by atoms with E-state index in [1.807, 2.05) is 0 Å². The topological polar surface area (TPSA) is 112 Å². The minimum Gasteiger partial charge on any atom is -0.741 e. The third-order valence-corrected chi connectivity index (χ3v) is 1.73. The SMILES string of the molecule is O=S(=O)(O)C(F)(F)F.O=S(=O)([O-])C(F)(F)F.[Na+]. The molecule has 0 aliphatic rings. The molecule has 0 aliphatic carbocycles. The Balaban J connectivity index is -0.000000218. The van der Waals surface area contributed by atoms with Gasteiger partial charge in [0.1, 0.15) is 0 Å². The molecule has 0 bridgehead atoms. The summed E-state index contributed by atoms with van der Waals surface area (Å²) in [6.45, 7) is 0. The van der Waals surface area contributed by atoms with Crippen LogP contribution in [-0.2, 0) is 20.2 Å². The van der Waals surface area contributed by atoms with Gasteiger partial charge in [-0.25, -0.2) is 8.42 Å². The van der Waals surface area contributed by atoms with Gasteiger partial charge in [0.25, 0.3) is 0 Å². The molecule has 6 nitrogen and oxygen atoms in total. The summed E-state index contributed by atoms with van der Waals surface area (Å²) >= 11 is 0. The average Bonchev–Trinajstić information content (AvgIpc) is 1.77. The van der Waals surface area contributed by atoms with Crippen LogP contribution in [0.25, 0.3) is 0 Å². The first-order valence-electron chi connectivity index (χ1n) is 2.56. The number of halogens is 6. The monoisotopic (exact) mass is 322 g/mol. The Morgan fingerprint density at radius 1 is 0.824 bits per heavy atom. The largest absolute Gasteiger partial charge is 1.00 e. The number of hydrogen-bond donors (Lipinski definition) is 1. The molecule has 0 aromatic carbocycles. The van der Waals surface area contributed by atoms with Crippen LogP contribution in [0, 0.1) is 0 Å². The molecule has 0 saturated heterocycles. The number of alkyl halides is 6. The summed E-state index contributed by atoms with van der Waals surface area (Å²) in [5.41, 5.74) is -11.2. The third kappa shape index (κ3) is 10.0. The minimum atomic E-state index is -6.09. The van der Waals surface area contributed by atoms with Crippen LogP contribution in [0.3, 0.4) is 0 Å². The van der Waals surface area contributed by atoms with Crippen molar-refractivity contribution in [2.45, 2.75) is 11.0 Å². The molecule has 0 heterocycles. The maximum absolute atomic E-state index is 10.7. The summed E-state index contributed by atoms with van der Waals surface area (Å²) in [6.07, 6.45) is 0. The third-order valence-electron chi connectivity index (χ3n) is 0.576. The molecule has 0 fully saturated rings. The van der Waals surface area contributed by atoms with E-state index >= 15 is 0 Å². The van der Waals surface area contributed by atoms with Gasteiger partial charge in [-0.2, -0.15) is 34.8 Å². The molecule has 17 heavy (non-hydrogen) atoms. The van der Waals surface area contributed by atoms with Crippen LogP contribution in [0.15, 0.2) is 0 Å². The molecule has 0 unspecified atom stereocenters. The fraction of sp³-hybridized carbons (Fsp3) is 1.00. The summed E-state index contributed by atoms with van der Waals surface area (Å²) in [7, 11) is -11.9. The van der Waals surface area contributed by atoms with Gasteiger partial charge in [0.2, 0.25) is 0 Å². The smallest absolute Gasteiger partial charge is 0.741 e. The van der Waals surface area contributed by atoms with Gasteiger partial charge in [0, 0.05) is 0 Å². The van der Waals surface area contributed by atoms with Gasteiger partial charge in [-0.3, -0.25) is 4.55 Å². The molecule has 0 radical (unpaired) electrons. The van der Waals surface area contributed by atoms with E-state index in [0.717, 1.165) is 0 Å². The van der Waals surface area contributed by atoms with E-state index in [1.54, 1.807) is 0 Å². The predicted octanol–water partition coefficient (Wildman–Crippen LogP) is -2.55. The van der Waals surface area contributed by atoms with Gasteiger partial charge in [0.05, 0.1) is 0 Å². The van der Waals surface area contributed by atoms with Gasteiger partial charge in [0.15, 0.2) is 10.1 Å². The molecule has 0 atom stereocenters. The first-order chi connectivity index (χ1) is 6.50. The Hall–Kier alpha value is 0.400. The van der Waals surface area contributed by atoms with Crippen molar-refractivity contribution >= 4 is 20.2 Å². The molecule has 1 N–H and O–H groups in total. The summed E-state index contributed by atoms with van der Waals surface area (Å²) in [4.78, 5) is 0. The normalized spacial score (nSPS) is 13.2. The van der Waals surface area contributed by atoms with E-state index in [9.17, 15) is 26.3 Å². The molecule has 0 aromatic heterocycles. The molecule has 15 heteroatoms. The molecule has 0 aliphatic heterocycles. The van der Waals surface area contributed by atoms with Crippen LogP contribution in [0.1, 0.15) is 0 Å². The standard InChI is InChI=1S/2CHF3O3S.Na/c2*2-1(3,4)8(5,6)7;/h2*(H,5,6,7);/q;;+1/p-1. The van der Waals surface area contributed by atoms with Crippen molar-refractivity contribution in [3.05, 3.63) is 0 Å². The van der Waals surface area contributed by atoms with Crippen molar-refractivity contribution in [1.29, 1.82) is 0 Å². The van der Waals surface area contributed by atoms with Gasteiger partial charge in [-0.15, -0.1) is 0 Å². The average molecular weight is 322 g/mol. The first kappa shape index (κ1) is 22.6. The molecular weight excluding hydrogens is 321 g/mol. The van der Waals surface area contributed by atoms with Crippen molar-refractivity contribution in [2.75, 3.05) is 0 Å². The second-order valence-electron chi connectivity index (χ2n) is 1.82. The summed E-state index contributed by atoms with van der Waals surface area (Å²) in [5, 5.41) is 0. The van der Waals surface area contributed by atoms with Crippen molar-refractivity contribution in [1.82, 2.24) is 0 Å². The van der Waals surface area contributed by atoms with E-state index in [2.05, 4.69) is 0 Å². The van der Waals surface area contributed by atoms with Crippen LogP contribution in [0.2, 0.25) is 0 Å². The molecule has 0 spiro atoms. The van der Waals surface area contributed by atoms with Gasteiger partial charge < -0.3 is 4.55 Å². The Morgan fingerprint density at radius 3 is 0.941 bits per heavy atom. The van der Waals surface area contributed by atoms with Crippen molar-refractivity contribution in [3.63, 3.8) is 0 Å². The van der Waals surface area contributed by atoms with Crippen LogP contribution in [0.5, 0.6) is 0 Å². The molecule has 100 valence electrons. The quantitative estimate of drug-likeness (QED) is 0.227. The van der Waals surface area contributed by atoms with Crippen molar-refractivity contribution < 1.29 is 81.8 Å². The van der Waals surface area contributed by atoms with Crippen molar-refractivity contribution in [2.24, 2.45) is 0 Å². The van der Waals surface area contributed by atoms with Crippen LogP contribution < -0.4 is 29.6 Å². The van der Waals surface area contributed by atoms with Gasteiger partial charge >= 0.3 is 50.7 Å². The molecular formula is C2HF6NaO6S2. The first-order valence-corrected chi connectivity index (χ1v) is 5.41. The zero-order valence-corrected chi connectivity index (χ0v) is 11.2. The van der Waals surface area contributed by atoms with E-state index in [0.29, 0.717) is 0 Å². The minimum absolute atomic E-state index is 0. The Bertz CT molecular complexity index is 374. The summed E-state index contributed by atoms with van der Waals surface area (Å²) in [6, 6.07) is 0. The number of hydrogen-bond acceptors (Lipinski definition) is 5. The molecule has 0 amide bonds. The summed E-state index contributed by atoms with van der Waals surface area (Å²) < 4.78 is 116. The Morgan fingerprint density at radius 2 is 0.941 bits per heavy atom. The van der Waals surface area contributed by atoms with Gasteiger partial charge in [-0.05, 0) is 0 Å². The zero-order chi connectivity index (χ0) is 14.0. The van der Waals surface area contributed by atoms with E-state index in [4.69, 9.17) is 25.9 Å².